The van der Waals surface area contributed by atoms with Gasteiger partial charge in [0.05, 0.1) is 148 Å². The number of nitrogens with one attached hydrogen (secondary N) is 4. The van der Waals surface area contributed by atoms with Crippen molar-refractivity contribution in [1.82, 2.24) is 29.9 Å². The third kappa shape index (κ3) is 19.1. The number of benzene rings is 6. The van der Waals surface area contributed by atoms with Crippen molar-refractivity contribution in [2.24, 2.45) is 20.5 Å². The molecule has 0 saturated carbocycles. The van der Waals surface area contributed by atoms with Gasteiger partial charge in [-0.15, -0.1) is 29.1 Å². The molecule has 0 aliphatic carbocycles. The molecule has 0 aliphatic heterocycles. The van der Waals surface area contributed by atoms with E-state index in [1.54, 1.807) is 38.1 Å². The second-order valence-electron chi connectivity index (χ2n) is 18.7. The van der Waals surface area contributed by atoms with Crippen LogP contribution in [0.2, 0.25) is 0 Å². The van der Waals surface area contributed by atoms with Gasteiger partial charge in [0.15, 0.2) is 11.5 Å². The van der Waals surface area contributed by atoms with E-state index in [1.807, 2.05) is 0 Å². The lowest BCUT2D eigenvalue weighted by atomic mass is 10.1. The van der Waals surface area contributed by atoms with Crippen molar-refractivity contribution < 1.29 is 97.2 Å². The zero-order chi connectivity index (χ0) is 68.1. The van der Waals surface area contributed by atoms with Crippen LogP contribution in [-0.4, -0.2) is 164 Å². The van der Waals surface area contributed by atoms with E-state index in [4.69, 9.17) is 40.7 Å². The number of ether oxygens (including phenoxy) is 5. The van der Waals surface area contributed by atoms with Crippen LogP contribution in [0.3, 0.4) is 0 Å². The van der Waals surface area contributed by atoms with Crippen molar-refractivity contribution in [2.75, 3.05) is 117 Å². The fourth-order valence-electron chi connectivity index (χ4n) is 8.46. The molecule has 0 atom stereocenters. The molecule has 2 aromatic heterocycles. The number of fused-ring (bicyclic) bond motifs is 2. The number of hydrogen-bond donors (Lipinski definition) is 6. The number of nitrogens with zero attached hydrogens (tertiary/aromatic N) is 10. The van der Waals surface area contributed by atoms with E-state index in [-0.39, 0.29) is 175 Å². The topological polar surface area (TPSA) is 438 Å². The van der Waals surface area contributed by atoms with Crippen LogP contribution in [0.5, 0.6) is 11.5 Å². The maximum Gasteiger partial charge on any atom is 0.340 e. The van der Waals surface area contributed by atoms with Crippen LogP contribution < -0.4 is 21.3 Å². The van der Waals surface area contributed by atoms with Crippen molar-refractivity contribution in [3.63, 3.8) is 0 Å². The number of rotatable bonds is 36. The summed E-state index contributed by atoms with van der Waals surface area (Å²) in [5, 5.41) is 62.5. The minimum Gasteiger partial charge on any atom is -0.505 e. The highest BCUT2D eigenvalue weighted by atomic mass is 32.2. The van der Waals surface area contributed by atoms with Gasteiger partial charge in [-0.3, -0.25) is 8.37 Å². The Labute approximate surface area is 549 Å². The molecule has 39 heteroatoms. The smallest absolute Gasteiger partial charge is 0.340 e. The zero-order valence-electron chi connectivity index (χ0n) is 51.5. The summed E-state index contributed by atoms with van der Waals surface area (Å²) in [5.41, 5.74) is -0.00127. The highest BCUT2D eigenvalue weighted by Gasteiger charge is 2.26. The molecular weight excluding hydrogens is 1330 g/mol. The molecule has 0 unspecified atom stereocenters. The Hall–Kier alpha value is -9.04. The summed E-state index contributed by atoms with van der Waals surface area (Å²) in [7, 11) is -1.88. The second kappa shape index (κ2) is 34.4. The van der Waals surface area contributed by atoms with E-state index in [0.717, 1.165) is 14.2 Å². The molecule has 2 heterocycles. The number of aromatic hydroxyl groups is 2. The molecule has 35 nitrogen and oxygen atoms in total. The van der Waals surface area contributed by atoms with Gasteiger partial charge in [-0.1, -0.05) is 34.3 Å². The molecule has 95 heavy (non-hydrogen) atoms. The van der Waals surface area contributed by atoms with E-state index >= 15 is 0 Å². The van der Waals surface area contributed by atoms with Gasteiger partial charge in [-0.05, 0) is 85.3 Å². The van der Waals surface area contributed by atoms with Gasteiger partial charge >= 0.3 is 11.9 Å². The minimum absolute atomic E-state index is 0.00334. The maximum absolute atomic E-state index is 13.1. The lowest BCUT2D eigenvalue weighted by Gasteiger charge is -2.16. The highest BCUT2D eigenvalue weighted by Crippen LogP contribution is 2.50. The fourth-order valence-corrected chi connectivity index (χ4v) is 11.0. The van der Waals surface area contributed by atoms with Crippen LogP contribution in [0.15, 0.2) is 125 Å². The van der Waals surface area contributed by atoms with Crippen molar-refractivity contribution in [3.05, 3.63) is 108 Å². The molecule has 0 aliphatic rings. The van der Waals surface area contributed by atoms with Crippen molar-refractivity contribution in [1.29, 1.82) is 0 Å². The first-order valence-electron chi connectivity index (χ1n) is 27.6. The van der Waals surface area contributed by atoms with Crippen LogP contribution in [-0.2, 0) is 80.8 Å². The van der Waals surface area contributed by atoms with Crippen molar-refractivity contribution in [2.45, 2.75) is 33.4 Å². The first kappa shape index (κ1) is 71.8. The first-order chi connectivity index (χ1) is 45.8. The molecular formula is C56H60N14O21S4. The normalized spacial score (nSPS) is 11.9. The molecule has 504 valence electrons. The monoisotopic (exact) mass is 1390 g/mol. The summed E-state index contributed by atoms with van der Waals surface area (Å²) in [4.78, 5) is 60.0. The highest BCUT2D eigenvalue weighted by molar-refractivity contribution is 7.95. The zero-order valence-corrected chi connectivity index (χ0v) is 54.8. The van der Waals surface area contributed by atoms with Crippen LogP contribution in [0.4, 0.5) is 57.9 Å². The Bertz CT molecular complexity index is 4080. The Morgan fingerprint density at radius 3 is 1.25 bits per heavy atom. The number of methoxy groups -OCH3 is 2. The number of hydrogen-bond acceptors (Lipinski definition) is 37. The maximum atomic E-state index is 13.1. The lowest BCUT2D eigenvalue weighted by molar-refractivity contribution is -0.447. The largest absolute Gasteiger partial charge is 0.505 e. The summed E-state index contributed by atoms with van der Waals surface area (Å²) in [6.45, 7) is 5.04. The van der Waals surface area contributed by atoms with E-state index in [1.165, 1.54) is 89.1 Å². The standard InChI is InChI=1S/C56H60N14O21S4/c1-31-59-53(65-55(61-31)63-41-29-35(94(75,76)83-7)25-33-27-43(92-90-88-81-5)47(49(71)45(33)41)69-67-39-15-11-9-13-37(39)51(73)79-3)57-17-19-85-21-23-87-24-22-86-20-18-58-54-60-32(2)62-56(66-54)64-42-30-36(95(77,78)84-8)26-34-28-44(93-91-89-82-6)48(50(72)46(34)42)70-68-40-16-12-10-14-38(40)52(74)80-4/h9-16,25-30,71-72H,17-24H2,1-8H3,(H2,57,59,61,63,65)(H2,58,60,62,64,66). The Morgan fingerprint density at radius 2 is 0.874 bits per heavy atom. The fraction of sp³-hybridized carbons (Fsp3) is 0.286. The van der Waals surface area contributed by atoms with Gasteiger partial charge in [0.1, 0.15) is 34.4 Å². The Balaban J connectivity index is 0.847. The van der Waals surface area contributed by atoms with Gasteiger partial charge in [0.25, 0.3) is 20.2 Å². The summed E-state index contributed by atoms with van der Waals surface area (Å²) in [6, 6.07) is 20.2. The molecule has 6 aromatic carbocycles. The third-order valence-electron chi connectivity index (χ3n) is 12.6. The number of azo groups is 2. The van der Waals surface area contributed by atoms with E-state index in [0.29, 0.717) is 24.1 Å². The summed E-state index contributed by atoms with van der Waals surface area (Å²) in [6.07, 6.45) is 0. The summed E-state index contributed by atoms with van der Waals surface area (Å²) in [5.74, 6) is -1.71. The summed E-state index contributed by atoms with van der Waals surface area (Å²) < 4.78 is 99.1. The third-order valence-corrected chi connectivity index (χ3v) is 16.4. The van der Waals surface area contributed by atoms with E-state index in [2.05, 4.69) is 91.5 Å². The van der Waals surface area contributed by atoms with E-state index in [9.17, 15) is 36.6 Å². The van der Waals surface area contributed by atoms with Crippen molar-refractivity contribution in [3.8, 4) is 11.5 Å². The molecule has 0 spiro atoms. The first-order valence-corrected chi connectivity index (χ1v) is 31.9. The second-order valence-corrected chi connectivity index (χ2v) is 23.6. The number of aromatic nitrogens is 6. The van der Waals surface area contributed by atoms with Crippen molar-refractivity contribution >= 4 is 136 Å². The van der Waals surface area contributed by atoms with Gasteiger partial charge in [-0.2, -0.15) is 46.7 Å². The molecule has 0 bridgehead atoms. The van der Waals surface area contributed by atoms with Crippen LogP contribution in [0.1, 0.15) is 32.4 Å². The Kier molecular flexibility index (Phi) is 26.0. The molecule has 0 radical (unpaired) electrons. The van der Waals surface area contributed by atoms with Gasteiger partial charge < -0.3 is 55.2 Å². The number of phenols is 2. The SMILES string of the molecule is COOOSc1cc2cc(S(=O)(=O)OC)cc(Nc3nc(C)nc(NCCOCCOCCOCCNc4nc(C)nc(Nc5cc(S(=O)(=O)OC)cc6cc(SOOOC)c(N=Nc7ccccc7C(=O)OC)c(O)c56)n4)n3)c2c(O)c1N=Nc1ccccc1C(=O)OC. The predicted octanol–water partition coefficient (Wildman–Crippen LogP) is 9.56. The van der Waals surface area contributed by atoms with Crippen LogP contribution in [0.25, 0.3) is 21.5 Å². The number of phenolic OH excluding ortho intramolecular Hbond substituents is 2. The minimum atomic E-state index is -4.34. The molecule has 6 N–H and O–H groups in total. The number of carbonyl (C=O) groups excluding carboxylic acids is 2. The average molecular weight is 1390 g/mol. The van der Waals surface area contributed by atoms with Gasteiger partial charge in [-0.25, -0.2) is 19.4 Å². The van der Waals surface area contributed by atoms with E-state index < -0.39 is 43.7 Å². The Morgan fingerprint density at radius 1 is 0.495 bits per heavy atom. The number of esters is 2. The molecule has 0 fully saturated rings. The number of anilines is 6. The van der Waals surface area contributed by atoms with Gasteiger partial charge in [0.2, 0.25) is 23.8 Å². The molecule has 8 aromatic rings. The van der Waals surface area contributed by atoms with Crippen LogP contribution in [0, 0.1) is 13.8 Å². The lowest BCUT2D eigenvalue weighted by Crippen LogP contribution is -2.17. The number of aryl methyl sites for hydroxylation is 2. The average Bonchev–Trinajstić information content (AvgIpc) is 0.768. The summed E-state index contributed by atoms with van der Waals surface area (Å²) >= 11 is 1.10. The number of carbonyl (C=O) groups is 2. The predicted molar refractivity (Wildman–Crippen MR) is 339 cm³/mol. The van der Waals surface area contributed by atoms with Gasteiger partial charge in [0, 0.05) is 23.9 Å². The quantitative estimate of drug-likeness (QED) is 0.00404. The molecule has 0 saturated heterocycles. The molecule has 8 rings (SSSR count). The molecule has 0 amide bonds. The van der Waals surface area contributed by atoms with Crippen LogP contribution >= 0.6 is 24.1 Å².